The van der Waals surface area contributed by atoms with Gasteiger partial charge in [0.15, 0.2) is 0 Å². The first-order valence-corrected chi connectivity index (χ1v) is 12.1. The topological polar surface area (TPSA) is 69.3 Å². The average Bonchev–Trinajstić information content (AvgIpc) is 2.90. The molecule has 0 bridgehead atoms. The van der Waals surface area contributed by atoms with Crippen molar-refractivity contribution in [2.45, 2.75) is 52.9 Å². The van der Waals surface area contributed by atoms with E-state index in [2.05, 4.69) is 24.8 Å². The van der Waals surface area contributed by atoms with Crippen LogP contribution in [0.4, 0.5) is 5.82 Å². The number of nitrogens with zero attached hydrogens (tertiary/aromatic N) is 4. The van der Waals surface area contributed by atoms with Crippen molar-refractivity contribution in [3.63, 3.8) is 0 Å². The summed E-state index contributed by atoms with van der Waals surface area (Å²) in [6.45, 7) is 8.36. The number of hydrogen-bond donors (Lipinski definition) is 0. The molecule has 0 atom stereocenters. The van der Waals surface area contributed by atoms with Crippen LogP contribution < -0.4 is 10.5 Å². The monoisotopic (exact) mass is 458 g/mol. The summed E-state index contributed by atoms with van der Waals surface area (Å²) in [6.07, 6.45) is 7.18. The number of rotatable bonds is 5. The van der Waals surface area contributed by atoms with Gasteiger partial charge in [-0.15, -0.1) is 0 Å². The maximum Gasteiger partial charge on any atom is 0.270 e. The summed E-state index contributed by atoms with van der Waals surface area (Å²) in [5, 5.41) is 9.61. The zero-order chi connectivity index (χ0) is 22.7. The van der Waals surface area contributed by atoms with E-state index in [0.29, 0.717) is 27.3 Å². The molecule has 0 N–H and O–H groups in total. The van der Waals surface area contributed by atoms with Crippen LogP contribution in [0.25, 0.3) is 6.08 Å². The zero-order valence-corrected chi connectivity index (χ0v) is 20.4. The molecule has 0 aromatic carbocycles. The Bertz CT molecular complexity index is 1010. The third-order valence-corrected chi connectivity index (χ3v) is 7.33. The number of carbonyl (C=O) groups is 1. The predicted molar refractivity (Wildman–Crippen MR) is 131 cm³/mol. The van der Waals surface area contributed by atoms with E-state index < -0.39 is 0 Å². The highest BCUT2D eigenvalue weighted by Gasteiger charge is 2.33. The summed E-state index contributed by atoms with van der Waals surface area (Å²) < 4.78 is 2.14. The molecule has 31 heavy (non-hydrogen) atoms. The molecule has 0 aliphatic carbocycles. The van der Waals surface area contributed by atoms with Crippen LogP contribution in [0.3, 0.4) is 0 Å². The van der Waals surface area contributed by atoms with Crippen LogP contribution in [0.5, 0.6) is 0 Å². The Balaban J connectivity index is 2.10. The summed E-state index contributed by atoms with van der Waals surface area (Å²) in [5.41, 5.74) is 1.23. The van der Waals surface area contributed by atoms with Crippen LogP contribution in [0.2, 0.25) is 0 Å². The smallest absolute Gasteiger partial charge is 0.270 e. The predicted octanol–water partition coefficient (Wildman–Crippen LogP) is 4.19. The van der Waals surface area contributed by atoms with E-state index >= 15 is 0 Å². The molecule has 1 amide bonds. The van der Waals surface area contributed by atoms with Crippen molar-refractivity contribution in [1.29, 1.82) is 5.26 Å². The van der Waals surface area contributed by atoms with Gasteiger partial charge >= 0.3 is 0 Å². The minimum absolute atomic E-state index is 0.0933. The minimum atomic E-state index is -0.291. The van der Waals surface area contributed by atoms with E-state index in [9.17, 15) is 14.9 Å². The number of pyridine rings is 1. The molecule has 0 unspecified atom stereocenters. The second-order valence-electron chi connectivity index (χ2n) is 8.63. The second-order valence-corrected chi connectivity index (χ2v) is 10.3. The molecule has 2 aliphatic rings. The van der Waals surface area contributed by atoms with Gasteiger partial charge in [0, 0.05) is 32.2 Å². The van der Waals surface area contributed by atoms with Crippen LogP contribution in [-0.4, -0.2) is 39.3 Å². The van der Waals surface area contributed by atoms with E-state index in [-0.39, 0.29) is 17.0 Å². The molecule has 1 aromatic heterocycles. The van der Waals surface area contributed by atoms with Crippen molar-refractivity contribution < 1.29 is 4.79 Å². The lowest BCUT2D eigenvalue weighted by molar-refractivity contribution is -0.122. The van der Waals surface area contributed by atoms with Gasteiger partial charge in [-0.05, 0) is 43.7 Å². The molecule has 2 fully saturated rings. The van der Waals surface area contributed by atoms with Crippen molar-refractivity contribution in [2.75, 3.05) is 24.5 Å². The Hall–Kier alpha value is -2.11. The molecule has 2 saturated heterocycles. The molecule has 1 aromatic rings. The van der Waals surface area contributed by atoms with Crippen molar-refractivity contribution in [3.05, 3.63) is 31.9 Å². The summed E-state index contributed by atoms with van der Waals surface area (Å²) in [7, 11) is 1.72. The van der Waals surface area contributed by atoms with Gasteiger partial charge in [0.25, 0.3) is 11.5 Å². The molecule has 6 nitrogen and oxygen atoms in total. The number of hydrogen-bond acceptors (Lipinski definition) is 6. The highest BCUT2D eigenvalue weighted by atomic mass is 32.2. The summed E-state index contributed by atoms with van der Waals surface area (Å²) >= 11 is 6.78. The van der Waals surface area contributed by atoms with E-state index in [4.69, 9.17) is 12.2 Å². The summed E-state index contributed by atoms with van der Waals surface area (Å²) in [5.74, 6) is 1.17. The lowest BCUT2D eigenvalue weighted by Crippen LogP contribution is -2.34. The number of aromatic nitrogens is 1. The van der Waals surface area contributed by atoms with Gasteiger partial charge in [-0.3, -0.25) is 19.1 Å². The molecule has 166 valence electrons. The molecule has 8 heteroatoms. The number of amides is 1. The third-order valence-electron chi connectivity index (χ3n) is 5.95. The molecule has 0 radical (unpaired) electrons. The maximum absolute atomic E-state index is 13.1. The molecular weight excluding hydrogens is 428 g/mol. The molecule has 0 spiro atoms. The first-order valence-electron chi connectivity index (χ1n) is 10.9. The highest BCUT2D eigenvalue weighted by Crippen LogP contribution is 2.36. The third kappa shape index (κ3) is 4.88. The van der Waals surface area contributed by atoms with E-state index in [1.165, 1.54) is 24.6 Å². The van der Waals surface area contributed by atoms with Crippen LogP contribution in [0.1, 0.15) is 62.6 Å². The van der Waals surface area contributed by atoms with Crippen LogP contribution in [-0.2, 0) is 11.8 Å². The van der Waals surface area contributed by atoms with E-state index in [0.717, 1.165) is 43.7 Å². The standard InChI is InChI=1S/C23H30N4O2S2/c1-15(2)9-12-27-22(29)19(31-23(27)30)13-17-16(3)18(14-24)21(28)25(4)20(17)26-10-7-5-6-8-11-26/h13,15H,5-12H2,1-4H3. The zero-order valence-electron chi connectivity index (χ0n) is 18.7. The van der Waals surface area contributed by atoms with Gasteiger partial charge in [-0.2, -0.15) is 5.26 Å². The van der Waals surface area contributed by atoms with Crippen LogP contribution >= 0.6 is 24.0 Å². The first kappa shape index (κ1) is 23.6. The minimum Gasteiger partial charge on any atom is -0.357 e. The quantitative estimate of drug-likeness (QED) is 0.487. The van der Waals surface area contributed by atoms with Crippen LogP contribution in [0, 0.1) is 24.2 Å². The SMILES string of the molecule is Cc1c(C=C2SC(=S)N(CCC(C)C)C2=O)c(N2CCCCCC2)n(C)c(=O)c1C#N. The van der Waals surface area contributed by atoms with Gasteiger partial charge in [0.1, 0.15) is 21.8 Å². The molecule has 0 saturated carbocycles. The van der Waals surface area contributed by atoms with Gasteiger partial charge in [-0.1, -0.05) is 50.7 Å². The lowest BCUT2D eigenvalue weighted by atomic mass is 10.0. The van der Waals surface area contributed by atoms with Gasteiger partial charge in [0.2, 0.25) is 0 Å². The van der Waals surface area contributed by atoms with Crippen molar-refractivity contribution in [3.8, 4) is 6.07 Å². The van der Waals surface area contributed by atoms with Crippen molar-refractivity contribution in [1.82, 2.24) is 9.47 Å². The van der Waals surface area contributed by atoms with E-state index in [1.54, 1.807) is 23.4 Å². The summed E-state index contributed by atoms with van der Waals surface area (Å²) in [4.78, 5) is 30.4. The first-order chi connectivity index (χ1) is 14.8. The molecule has 3 rings (SSSR count). The Morgan fingerprint density at radius 3 is 2.42 bits per heavy atom. The fourth-order valence-corrected chi connectivity index (χ4v) is 5.38. The largest absolute Gasteiger partial charge is 0.357 e. The Labute approximate surface area is 193 Å². The number of carbonyl (C=O) groups excluding carboxylic acids is 1. The van der Waals surface area contributed by atoms with Crippen LogP contribution in [0.15, 0.2) is 9.70 Å². The number of nitriles is 1. The number of anilines is 1. The fraction of sp³-hybridized carbons (Fsp3) is 0.565. The Kier molecular flexibility index (Phi) is 7.60. The maximum atomic E-state index is 13.1. The second kappa shape index (κ2) is 10.0. The van der Waals surface area contributed by atoms with Gasteiger partial charge in [0.05, 0.1) is 4.91 Å². The lowest BCUT2D eigenvalue weighted by Gasteiger charge is -2.28. The van der Waals surface area contributed by atoms with Gasteiger partial charge < -0.3 is 4.90 Å². The van der Waals surface area contributed by atoms with Gasteiger partial charge in [-0.25, -0.2) is 0 Å². The Morgan fingerprint density at radius 1 is 1.19 bits per heavy atom. The molecular formula is C23H30N4O2S2. The number of thiocarbonyl (C=S) groups is 1. The number of thioether (sulfide) groups is 1. The van der Waals surface area contributed by atoms with Crippen molar-refractivity contribution in [2.24, 2.45) is 13.0 Å². The Morgan fingerprint density at radius 2 is 1.84 bits per heavy atom. The van der Waals surface area contributed by atoms with E-state index in [1.807, 2.05) is 6.08 Å². The molecule has 2 aliphatic heterocycles. The average molecular weight is 459 g/mol. The normalized spacial score (nSPS) is 18.8. The van der Waals surface area contributed by atoms with Crippen molar-refractivity contribution >= 4 is 46.1 Å². The highest BCUT2D eigenvalue weighted by molar-refractivity contribution is 8.26. The summed E-state index contributed by atoms with van der Waals surface area (Å²) in [6, 6.07) is 2.06. The fourth-order valence-electron chi connectivity index (χ4n) is 4.09. The molecule has 3 heterocycles.